The molecule has 2 aliphatic heterocycles. The number of carbonyl (C=O) groups is 3. The van der Waals surface area contributed by atoms with Gasteiger partial charge in [0.1, 0.15) is 12.2 Å². The maximum Gasteiger partial charge on any atom is 0.461 e. The Kier molecular flexibility index (Phi) is 9.29. The molecule has 0 bridgehead atoms. The van der Waals surface area contributed by atoms with Gasteiger partial charge in [-0.2, -0.15) is 35.1 Å². The van der Waals surface area contributed by atoms with Crippen molar-refractivity contribution in [2.45, 2.75) is 83.1 Å². The van der Waals surface area contributed by atoms with Crippen LogP contribution in [0.25, 0.3) is 0 Å². The Morgan fingerprint density at radius 2 is 1.74 bits per heavy atom. The SMILES string of the molecule is C[C@H]1CN(C[C@H](CC(=O)N2CCc3c(nc(C(F)(F)C(F)(F)F)nc3C(F)(F)F)C2)NC(=O)OC(C)(C)C)C(=O)CO1. The Morgan fingerprint density at radius 3 is 2.31 bits per heavy atom. The Labute approximate surface area is 234 Å². The van der Waals surface area contributed by atoms with E-state index in [1.54, 1.807) is 27.7 Å². The van der Waals surface area contributed by atoms with Crippen LogP contribution >= 0.6 is 0 Å². The highest BCUT2D eigenvalue weighted by Gasteiger charge is 2.62. The number of nitrogens with one attached hydrogen (secondary N) is 1. The number of ether oxygens (including phenoxy) is 2. The molecule has 2 atom stereocenters. The van der Waals surface area contributed by atoms with E-state index in [2.05, 4.69) is 15.3 Å². The quantitative estimate of drug-likeness (QED) is 0.485. The summed E-state index contributed by atoms with van der Waals surface area (Å²) in [7, 11) is 0. The van der Waals surface area contributed by atoms with Gasteiger partial charge in [-0.15, -0.1) is 0 Å². The van der Waals surface area contributed by atoms with Gasteiger partial charge in [0.2, 0.25) is 17.6 Å². The van der Waals surface area contributed by atoms with Crippen molar-refractivity contribution in [2.75, 3.05) is 26.2 Å². The van der Waals surface area contributed by atoms with Crippen molar-refractivity contribution in [3.8, 4) is 0 Å². The second-order valence-corrected chi connectivity index (χ2v) is 10.9. The van der Waals surface area contributed by atoms with Crippen LogP contribution in [0.3, 0.4) is 0 Å². The summed E-state index contributed by atoms with van der Waals surface area (Å²) >= 11 is 0. The van der Waals surface area contributed by atoms with Crippen molar-refractivity contribution in [2.24, 2.45) is 0 Å². The van der Waals surface area contributed by atoms with Crippen LogP contribution in [0.5, 0.6) is 0 Å². The number of aromatic nitrogens is 2. The van der Waals surface area contributed by atoms with Gasteiger partial charge in [0.15, 0.2) is 5.69 Å². The predicted octanol–water partition coefficient (Wildman–Crippen LogP) is 3.56. The van der Waals surface area contributed by atoms with Crippen molar-refractivity contribution in [1.29, 1.82) is 0 Å². The first-order chi connectivity index (χ1) is 19.1. The molecule has 3 heterocycles. The summed E-state index contributed by atoms with van der Waals surface area (Å²) in [6.45, 7) is 4.95. The second kappa shape index (κ2) is 11.8. The number of alkyl halides is 8. The van der Waals surface area contributed by atoms with Crippen molar-refractivity contribution in [3.05, 3.63) is 22.8 Å². The number of rotatable bonds is 6. The van der Waals surface area contributed by atoms with Crippen LogP contribution in [0.4, 0.5) is 39.9 Å². The van der Waals surface area contributed by atoms with E-state index in [4.69, 9.17) is 9.47 Å². The zero-order chi connectivity index (χ0) is 31.8. The van der Waals surface area contributed by atoms with Gasteiger partial charge in [0.05, 0.1) is 24.4 Å². The van der Waals surface area contributed by atoms with E-state index in [0.717, 1.165) is 4.90 Å². The average molecular weight is 620 g/mol. The molecule has 236 valence electrons. The van der Waals surface area contributed by atoms with Gasteiger partial charge in [-0.1, -0.05) is 0 Å². The third-order valence-electron chi connectivity index (χ3n) is 6.23. The molecule has 0 radical (unpaired) electrons. The number of halogens is 8. The lowest BCUT2D eigenvalue weighted by atomic mass is 10.0. The summed E-state index contributed by atoms with van der Waals surface area (Å²) in [5.74, 6) is -9.41. The molecule has 1 aromatic heterocycles. The van der Waals surface area contributed by atoms with E-state index in [1.807, 2.05) is 0 Å². The van der Waals surface area contributed by atoms with Crippen LogP contribution in [-0.4, -0.2) is 87.8 Å². The molecule has 0 saturated carbocycles. The largest absolute Gasteiger partial charge is 0.461 e. The molecule has 3 rings (SSSR count). The van der Waals surface area contributed by atoms with E-state index >= 15 is 0 Å². The highest BCUT2D eigenvalue weighted by atomic mass is 19.4. The zero-order valence-corrected chi connectivity index (χ0v) is 23.0. The first-order valence-corrected chi connectivity index (χ1v) is 12.7. The number of hydrogen-bond donors (Lipinski definition) is 1. The minimum atomic E-state index is -6.27. The molecule has 2 aliphatic rings. The van der Waals surface area contributed by atoms with E-state index in [9.17, 15) is 49.5 Å². The molecule has 1 N–H and O–H groups in total. The minimum Gasteiger partial charge on any atom is -0.444 e. The maximum absolute atomic E-state index is 14.0. The fraction of sp³-hybridized carbons (Fsp3) is 0.708. The van der Waals surface area contributed by atoms with Crippen molar-refractivity contribution in [1.82, 2.24) is 25.1 Å². The summed E-state index contributed by atoms with van der Waals surface area (Å²) < 4.78 is 118. The van der Waals surface area contributed by atoms with Crippen LogP contribution in [0, 0.1) is 0 Å². The summed E-state index contributed by atoms with van der Waals surface area (Å²) in [6, 6.07) is -1.07. The second-order valence-electron chi connectivity index (χ2n) is 10.9. The van der Waals surface area contributed by atoms with E-state index in [0.29, 0.717) is 0 Å². The Morgan fingerprint density at radius 1 is 1.10 bits per heavy atom. The van der Waals surface area contributed by atoms with E-state index in [1.165, 1.54) is 4.90 Å². The Bertz CT molecular complexity index is 1200. The van der Waals surface area contributed by atoms with Gasteiger partial charge < -0.3 is 24.6 Å². The van der Waals surface area contributed by atoms with Crippen LogP contribution in [0.2, 0.25) is 0 Å². The molecule has 3 amide bonds. The Hall–Kier alpha value is -3.31. The molecule has 1 aromatic rings. The number of alkyl carbamates (subject to hydrolysis) is 1. The van der Waals surface area contributed by atoms with Gasteiger partial charge in [-0.3, -0.25) is 9.59 Å². The molecule has 1 saturated heterocycles. The number of hydrogen-bond acceptors (Lipinski definition) is 7. The normalized spacial score (nSPS) is 19.3. The lowest BCUT2D eigenvalue weighted by molar-refractivity contribution is -0.293. The minimum absolute atomic E-state index is 0.129. The fourth-order valence-electron chi connectivity index (χ4n) is 4.33. The average Bonchev–Trinajstić information content (AvgIpc) is 2.82. The molecule has 0 aromatic carbocycles. The van der Waals surface area contributed by atoms with Crippen LogP contribution in [0.1, 0.15) is 56.9 Å². The smallest absolute Gasteiger partial charge is 0.444 e. The van der Waals surface area contributed by atoms with Gasteiger partial charge in [0.25, 0.3) is 0 Å². The molecule has 10 nitrogen and oxygen atoms in total. The summed E-state index contributed by atoms with van der Waals surface area (Å²) in [6.07, 6.45) is -14.0. The monoisotopic (exact) mass is 619 g/mol. The van der Waals surface area contributed by atoms with Crippen molar-refractivity contribution < 1.29 is 59.0 Å². The lowest BCUT2D eigenvalue weighted by Gasteiger charge is -2.35. The van der Waals surface area contributed by atoms with Crippen LogP contribution in [-0.2, 0) is 44.1 Å². The molecule has 18 heteroatoms. The third kappa shape index (κ3) is 7.95. The van der Waals surface area contributed by atoms with Crippen molar-refractivity contribution >= 4 is 17.9 Å². The standard InChI is InChI=1S/C24H29F8N5O5/c1-12-8-37(17(39)11-41-12)9-13(33-20(40)42-21(2,3)4)7-16(38)36-6-5-14-15(10-36)34-19(22(25,26)24(30,31)32)35-18(14)23(27,28)29/h12-13H,5-11H2,1-4H3,(H,33,40)/t12-,13-/m0/s1. The van der Waals surface area contributed by atoms with Gasteiger partial charge in [0, 0.05) is 31.6 Å². The number of carbonyl (C=O) groups excluding carboxylic acids is 3. The highest BCUT2D eigenvalue weighted by Crippen LogP contribution is 2.44. The number of fused-ring (bicyclic) bond motifs is 1. The fourth-order valence-corrected chi connectivity index (χ4v) is 4.33. The van der Waals surface area contributed by atoms with Gasteiger partial charge in [-0.25, -0.2) is 14.8 Å². The third-order valence-corrected chi connectivity index (χ3v) is 6.23. The number of nitrogens with zero attached hydrogens (tertiary/aromatic N) is 4. The maximum atomic E-state index is 14.0. The molecule has 0 unspecified atom stereocenters. The Balaban J connectivity index is 1.87. The first-order valence-electron chi connectivity index (χ1n) is 12.7. The molecular weight excluding hydrogens is 590 g/mol. The molecule has 0 aliphatic carbocycles. The predicted molar refractivity (Wildman–Crippen MR) is 126 cm³/mol. The summed E-state index contributed by atoms with van der Waals surface area (Å²) in [4.78, 5) is 45.9. The van der Waals surface area contributed by atoms with E-state index in [-0.39, 0.29) is 32.3 Å². The van der Waals surface area contributed by atoms with Gasteiger partial charge in [-0.05, 0) is 34.1 Å². The van der Waals surface area contributed by atoms with Crippen molar-refractivity contribution in [3.63, 3.8) is 0 Å². The topological polar surface area (TPSA) is 114 Å². The van der Waals surface area contributed by atoms with Crippen LogP contribution in [0.15, 0.2) is 0 Å². The first kappa shape index (κ1) is 33.2. The lowest BCUT2D eigenvalue weighted by Crippen LogP contribution is -2.53. The van der Waals surface area contributed by atoms with E-state index < -0.39 is 90.0 Å². The number of amides is 3. The zero-order valence-electron chi connectivity index (χ0n) is 23.0. The highest BCUT2D eigenvalue weighted by molar-refractivity contribution is 5.80. The summed E-state index contributed by atoms with van der Waals surface area (Å²) in [5, 5.41) is 2.48. The molecule has 1 fully saturated rings. The van der Waals surface area contributed by atoms with Gasteiger partial charge >= 0.3 is 24.4 Å². The molecule has 0 spiro atoms. The molecule has 42 heavy (non-hydrogen) atoms. The van der Waals surface area contributed by atoms with Crippen LogP contribution < -0.4 is 5.32 Å². The molecular formula is C24H29F8N5O5. The number of morpholine rings is 1. The summed E-state index contributed by atoms with van der Waals surface area (Å²) in [5.41, 5.74) is -4.39.